The second-order valence-corrected chi connectivity index (χ2v) is 7.52. The van der Waals surface area contributed by atoms with Crippen LogP contribution >= 0.6 is 0 Å². The molecule has 0 aliphatic rings. The van der Waals surface area contributed by atoms with Crippen LogP contribution in [-0.4, -0.2) is 21.8 Å². The van der Waals surface area contributed by atoms with E-state index < -0.39 is 8.56 Å². The van der Waals surface area contributed by atoms with Crippen LogP contribution in [0.2, 0.25) is 12.1 Å². The summed E-state index contributed by atoms with van der Waals surface area (Å²) in [7, 11) is -2.11. The molecule has 0 saturated heterocycles. The van der Waals surface area contributed by atoms with Gasteiger partial charge in [0.1, 0.15) is 0 Å². The van der Waals surface area contributed by atoms with Crippen LogP contribution in [0.4, 0.5) is 0 Å². The molecule has 3 heteroatoms. The smallest absolute Gasteiger partial charge is 0.345 e. The van der Waals surface area contributed by atoms with E-state index in [1.165, 1.54) is 0 Å². The average molecular weight is 256 g/mol. The summed E-state index contributed by atoms with van der Waals surface area (Å²) in [5.74, 6) is 0. The lowest BCUT2D eigenvalue weighted by molar-refractivity contribution is 0.168. The SMILES string of the molecule is C=CC[Si](CC=C)(OCCCC)OCCCC. The van der Waals surface area contributed by atoms with E-state index in [9.17, 15) is 0 Å². The zero-order chi connectivity index (χ0) is 13.0. The summed E-state index contributed by atoms with van der Waals surface area (Å²) in [5, 5.41) is 0. The maximum Gasteiger partial charge on any atom is 0.345 e. The van der Waals surface area contributed by atoms with Gasteiger partial charge >= 0.3 is 8.56 Å². The second-order valence-electron chi connectivity index (χ2n) is 4.30. The van der Waals surface area contributed by atoms with Gasteiger partial charge in [-0.1, -0.05) is 38.8 Å². The Labute approximate surface area is 108 Å². The molecule has 0 aliphatic carbocycles. The summed E-state index contributed by atoms with van der Waals surface area (Å²) >= 11 is 0. The van der Waals surface area contributed by atoms with Crippen LogP contribution in [0.1, 0.15) is 39.5 Å². The van der Waals surface area contributed by atoms with Crippen molar-refractivity contribution >= 4 is 8.56 Å². The first-order chi connectivity index (χ1) is 8.24. The summed E-state index contributed by atoms with van der Waals surface area (Å²) in [4.78, 5) is 0. The summed E-state index contributed by atoms with van der Waals surface area (Å²) < 4.78 is 12.1. The van der Waals surface area contributed by atoms with Gasteiger partial charge in [0.25, 0.3) is 0 Å². The molecule has 0 unspecified atom stereocenters. The molecule has 0 aromatic rings. The highest BCUT2D eigenvalue weighted by molar-refractivity contribution is 6.68. The summed E-state index contributed by atoms with van der Waals surface area (Å²) in [6, 6.07) is 1.71. The van der Waals surface area contributed by atoms with Gasteiger partial charge in [-0.05, 0) is 12.8 Å². The zero-order valence-corrected chi connectivity index (χ0v) is 12.5. The third-order valence-corrected chi connectivity index (χ3v) is 5.92. The highest BCUT2D eigenvalue weighted by Crippen LogP contribution is 2.21. The van der Waals surface area contributed by atoms with Crippen LogP contribution in [0.5, 0.6) is 0 Å². The van der Waals surface area contributed by atoms with Crippen molar-refractivity contribution in [2.24, 2.45) is 0 Å². The first kappa shape index (κ1) is 16.6. The van der Waals surface area contributed by atoms with Crippen molar-refractivity contribution < 1.29 is 8.85 Å². The van der Waals surface area contributed by atoms with E-state index in [4.69, 9.17) is 8.85 Å². The molecule has 0 saturated carbocycles. The molecule has 0 aromatic carbocycles. The predicted octanol–water partition coefficient (Wildman–Crippen LogP) is 4.43. The molecule has 0 fully saturated rings. The minimum absolute atomic E-state index is 0.802. The number of hydrogen-bond donors (Lipinski definition) is 0. The topological polar surface area (TPSA) is 18.5 Å². The molecule has 0 N–H and O–H groups in total. The fourth-order valence-corrected chi connectivity index (χ4v) is 4.24. The summed E-state index contributed by atoms with van der Waals surface area (Å²) in [6.07, 6.45) is 8.35. The summed E-state index contributed by atoms with van der Waals surface area (Å²) in [6.45, 7) is 13.6. The quantitative estimate of drug-likeness (QED) is 0.292. The van der Waals surface area contributed by atoms with Crippen molar-refractivity contribution in [2.45, 2.75) is 51.6 Å². The van der Waals surface area contributed by atoms with E-state index in [1.54, 1.807) is 0 Å². The van der Waals surface area contributed by atoms with Gasteiger partial charge in [-0.15, -0.1) is 13.2 Å². The minimum atomic E-state index is -2.11. The van der Waals surface area contributed by atoms with Crippen LogP contribution in [0, 0.1) is 0 Å². The average Bonchev–Trinajstić information content (AvgIpc) is 2.30. The van der Waals surface area contributed by atoms with Crippen LogP contribution in [0.25, 0.3) is 0 Å². The molecular weight excluding hydrogens is 228 g/mol. The molecule has 0 aliphatic heterocycles. The fraction of sp³-hybridized carbons (Fsp3) is 0.714. The molecule has 2 nitrogen and oxygen atoms in total. The Morgan fingerprint density at radius 3 is 1.59 bits per heavy atom. The van der Waals surface area contributed by atoms with Gasteiger partial charge in [0.05, 0.1) is 0 Å². The molecule has 0 aromatic heterocycles. The second kappa shape index (κ2) is 10.8. The van der Waals surface area contributed by atoms with E-state index in [0.717, 1.165) is 51.0 Å². The van der Waals surface area contributed by atoms with Crippen molar-refractivity contribution in [1.29, 1.82) is 0 Å². The highest BCUT2D eigenvalue weighted by atomic mass is 28.4. The lowest BCUT2D eigenvalue weighted by Gasteiger charge is -2.29. The van der Waals surface area contributed by atoms with Gasteiger partial charge in [-0.25, -0.2) is 0 Å². The third-order valence-electron chi connectivity index (χ3n) is 2.64. The maximum absolute atomic E-state index is 6.07. The predicted molar refractivity (Wildman–Crippen MR) is 77.5 cm³/mol. The monoisotopic (exact) mass is 256 g/mol. The Morgan fingerprint density at radius 2 is 1.29 bits per heavy atom. The third kappa shape index (κ3) is 7.52. The normalized spacial score (nSPS) is 11.4. The van der Waals surface area contributed by atoms with Crippen LogP contribution in [0.3, 0.4) is 0 Å². The molecule has 0 atom stereocenters. The first-order valence-electron chi connectivity index (χ1n) is 6.74. The van der Waals surface area contributed by atoms with Crippen molar-refractivity contribution in [2.75, 3.05) is 13.2 Å². The van der Waals surface area contributed by atoms with Gasteiger partial charge in [-0.3, -0.25) is 0 Å². The van der Waals surface area contributed by atoms with Crippen molar-refractivity contribution in [3.8, 4) is 0 Å². The van der Waals surface area contributed by atoms with Crippen molar-refractivity contribution in [1.82, 2.24) is 0 Å². The lowest BCUT2D eigenvalue weighted by atomic mass is 10.4. The van der Waals surface area contributed by atoms with E-state index in [2.05, 4.69) is 27.0 Å². The Balaban J connectivity index is 4.35. The molecule has 100 valence electrons. The Hall–Kier alpha value is -0.383. The van der Waals surface area contributed by atoms with Gasteiger partial charge in [-0.2, -0.15) is 0 Å². The van der Waals surface area contributed by atoms with Crippen LogP contribution in [-0.2, 0) is 8.85 Å². The molecule has 0 radical (unpaired) electrons. The minimum Gasteiger partial charge on any atom is -0.394 e. The summed E-state index contributed by atoms with van der Waals surface area (Å²) in [5.41, 5.74) is 0. The standard InChI is InChI=1S/C14H28O2Si/c1-5-9-11-15-17(13-7-3,14-8-4)16-12-10-6-2/h7-8H,3-6,9-14H2,1-2H3. The van der Waals surface area contributed by atoms with E-state index >= 15 is 0 Å². The molecule has 0 amide bonds. The largest absolute Gasteiger partial charge is 0.394 e. The van der Waals surface area contributed by atoms with Gasteiger partial charge in [0.15, 0.2) is 0 Å². The zero-order valence-electron chi connectivity index (χ0n) is 11.5. The van der Waals surface area contributed by atoms with Crippen LogP contribution in [0.15, 0.2) is 25.3 Å². The lowest BCUT2D eigenvalue weighted by Crippen LogP contribution is -2.41. The first-order valence-corrected chi connectivity index (χ1v) is 8.97. The number of hydrogen-bond acceptors (Lipinski definition) is 2. The molecule has 0 rings (SSSR count). The van der Waals surface area contributed by atoms with Crippen molar-refractivity contribution in [3.05, 3.63) is 25.3 Å². The van der Waals surface area contributed by atoms with E-state index in [0.29, 0.717) is 0 Å². The van der Waals surface area contributed by atoms with Crippen molar-refractivity contribution in [3.63, 3.8) is 0 Å². The molecule has 0 heterocycles. The number of unbranched alkanes of at least 4 members (excludes halogenated alkanes) is 2. The van der Waals surface area contributed by atoms with E-state index in [-0.39, 0.29) is 0 Å². The fourth-order valence-electron chi connectivity index (χ4n) is 1.61. The molecular formula is C14H28O2Si. The van der Waals surface area contributed by atoms with E-state index in [1.807, 2.05) is 12.2 Å². The Kier molecular flexibility index (Phi) is 10.5. The molecule has 0 bridgehead atoms. The molecule has 17 heavy (non-hydrogen) atoms. The molecule has 0 spiro atoms. The van der Waals surface area contributed by atoms with Gasteiger partial charge in [0.2, 0.25) is 0 Å². The van der Waals surface area contributed by atoms with Gasteiger partial charge < -0.3 is 8.85 Å². The Bertz CT molecular complexity index is 182. The number of allylic oxidation sites excluding steroid dienone is 2. The van der Waals surface area contributed by atoms with Crippen LogP contribution < -0.4 is 0 Å². The Morgan fingerprint density at radius 1 is 0.882 bits per heavy atom. The number of rotatable bonds is 12. The highest BCUT2D eigenvalue weighted by Gasteiger charge is 2.34. The maximum atomic E-state index is 6.07. The van der Waals surface area contributed by atoms with Gasteiger partial charge in [0, 0.05) is 25.3 Å².